The van der Waals surface area contributed by atoms with Crippen LogP contribution in [0.3, 0.4) is 0 Å². The molecular formula is C22H20N6O4S. The van der Waals surface area contributed by atoms with Crippen molar-refractivity contribution in [3.05, 3.63) is 66.0 Å². The number of aryl methyl sites for hydroxylation is 1. The maximum atomic E-state index is 13.2. The third-order valence-corrected chi connectivity index (χ3v) is 6.10. The zero-order valence-corrected chi connectivity index (χ0v) is 18.0. The summed E-state index contributed by atoms with van der Waals surface area (Å²) >= 11 is 1.22. The summed E-state index contributed by atoms with van der Waals surface area (Å²) in [6.45, 7) is 0. The molecule has 0 aliphatic carbocycles. The van der Waals surface area contributed by atoms with Gasteiger partial charge in [0.2, 0.25) is 11.9 Å². The standard InChI is InChI=1S/C22H20N6O4S/c23-22-27-18-17(24-11-25-18)20(28-22)33-16(9-6-12-4-2-1-3-5-12)19(30)26-13-7-8-15(29)14(10-13)21(31)32/h1-5,7-8,10-11,16,29H,6,9H2,(H,26,30)(H,31,32)(H3,23,24,25,27,28)/t16-/m0/s1. The van der Waals surface area contributed by atoms with E-state index in [1.54, 1.807) is 0 Å². The van der Waals surface area contributed by atoms with Gasteiger partial charge in [0.15, 0.2) is 5.65 Å². The van der Waals surface area contributed by atoms with E-state index in [2.05, 4.69) is 25.3 Å². The fourth-order valence-electron chi connectivity index (χ4n) is 3.24. The number of H-pyrrole nitrogens is 1. The number of rotatable bonds is 8. The number of hydrogen-bond donors (Lipinski definition) is 5. The molecule has 0 radical (unpaired) electrons. The van der Waals surface area contributed by atoms with Crippen LogP contribution in [0.15, 0.2) is 59.9 Å². The number of hydrogen-bond acceptors (Lipinski definition) is 8. The van der Waals surface area contributed by atoms with Gasteiger partial charge in [-0.15, -0.1) is 0 Å². The predicted octanol–water partition coefficient (Wildman–Crippen LogP) is 3.07. The molecule has 0 bridgehead atoms. The van der Waals surface area contributed by atoms with Crippen molar-refractivity contribution >= 4 is 46.4 Å². The number of carboxylic acids is 1. The molecule has 0 spiro atoms. The van der Waals surface area contributed by atoms with Crippen LogP contribution in [0.4, 0.5) is 11.6 Å². The van der Waals surface area contributed by atoms with Gasteiger partial charge in [0.05, 0.1) is 11.6 Å². The third kappa shape index (κ3) is 5.21. The van der Waals surface area contributed by atoms with Gasteiger partial charge in [0.1, 0.15) is 21.9 Å². The van der Waals surface area contributed by atoms with E-state index < -0.39 is 11.2 Å². The van der Waals surface area contributed by atoms with Crippen LogP contribution < -0.4 is 11.1 Å². The summed E-state index contributed by atoms with van der Waals surface area (Å²) in [6.07, 6.45) is 2.59. The summed E-state index contributed by atoms with van der Waals surface area (Å²) in [6, 6.07) is 13.6. The van der Waals surface area contributed by atoms with Gasteiger partial charge < -0.3 is 26.2 Å². The number of thioether (sulfide) groups is 1. The first-order chi connectivity index (χ1) is 15.9. The quantitative estimate of drug-likeness (QED) is 0.149. The summed E-state index contributed by atoms with van der Waals surface area (Å²) in [5.74, 6) is -1.97. The first kappa shape index (κ1) is 22.1. The minimum absolute atomic E-state index is 0.0453. The van der Waals surface area contributed by atoms with Gasteiger partial charge in [-0.2, -0.15) is 4.98 Å². The number of aromatic amines is 1. The number of imidazole rings is 1. The number of nitrogens with one attached hydrogen (secondary N) is 2. The molecule has 4 aromatic rings. The summed E-state index contributed by atoms with van der Waals surface area (Å²) in [5.41, 5.74) is 7.82. The molecule has 0 unspecified atom stereocenters. The smallest absolute Gasteiger partial charge is 0.339 e. The number of anilines is 2. The minimum Gasteiger partial charge on any atom is -0.507 e. The Morgan fingerprint density at radius 1 is 1.15 bits per heavy atom. The van der Waals surface area contributed by atoms with Gasteiger partial charge in [-0.25, -0.2) is 14.8 Å². The number of carbonyl (C=O) groups is 2. The zero-order valence-electron chi connectivity index (χ0n) is 17.2. The number of fused-ring (bicyclic) bond motifs is 1. The van der Waals surface area contributed by atoms with Gasteiger partial charge in [0.25, 0.3) is 0 Å². The maximum Gasteiger partial charge on any atom is 0.339 e. The molecular weight excluding hydrogens is 444 g/mol. The first-order valence-corrected chi connectivity index (χ1v) is 10.8. The van der Waals surface area contributed by atoms with Gasteiger partial charge in [-0.05, 0) is 36.6 Å². The van der Waals surface area contributed by atoms with Crippen LogP contribution in [0.2, 0.25) is 0 Å². The zero-order chi connectivity index (χ0) is 23.4. The number of aromatic carboxylic acids is 1. The molecule has 0 aliphatic rings. The summed E-state index contributed by atoms with van der Waals surface area (Å²) < 4.78 is 0. The molecule has 1 atom stereocenters. The number of amides is 1. The van der Waals surface area contributed by atoms with E-state index in [1.165, 1.54) is 36.3 Å². The van der Waals surface area contributed by atoms with E-state index in [0.717, 1.165) is 5.56 Å². The van der Waals surface area contributed by atoms with Gasteiger partial charge in [0, 0.05) is 5.69 Å². The normalized spacial score (nSPS) is 11.9. The van der Waals surface area contributed by atoms with E-state index in [-0.39, 0.29) is 28.9 Å². The Hall–Kier alpha value is -4.12. The van der Waals surface area contributed by atoms with Crippen molar-refractivity contribution < 1.29 is 19.8 Å². The summed E-state index contributed by atoms with van der Waals surface area (Å²) in [7, 11) is 0. The van der Waals surface area contributed by atoms with Gasteiger partial charge in [-0.1, -0.05) is 42.1 Å². The second kappa shape index (κ2) is 9.57. The lowest BCUT2D eigenvalue weighted by molar-refractivity contribution is -0.115. The highest BCUT2D eigenvalue weighted by Gasteiger charge is 2.24. The SMILES string of the molecule is Nc1nc(S[C@@H](CCc2ccccc2)C(=O)Nc2ccc(O)c(C(=O)O)c2)c2[nH]cnc2n1. The van der Waals surface area contributed by atoms with Gasteiger partial charge >= 0.3 is 5.97 Å². The second-order valence-electron chi connectivity index (χ2n) is 7.15. The Bertz CT molecular complexity index is 1310. The molecule has 0 fully saturated rings. The predicted molar refractivity (Wildman–Crippen MR) is 124 cm³/mol. The van der Waals surface area contributed by atoms with E-state index in [0.29, 0.717) is 29.0 Å². The first-order valence-electron chi connectivity index (χ1n) is 9.95. The Morgan fingerprint density at radius 3 is 2.70 bits per heavy atom. The van der Waals surface area contributed by atoms with Crippen molar-refractivity contribution in [2.75, 3.05) is 11.1 Å². The molecule has 0 aliphatic heterocycles. The fraction of sp³-hybridized carbons (Fsp3) is 0.136. The Kier molecular flexibility index (Phi) is 6.41. The van der Waals surface area contributed by atoms with Crippen molar-refractivity contribution in [1.29, 1.82) is 0 Å². The van der Waals surface area contributed by atoms with E-state index in [1.807, 2.05) is 30.3 Å². The van der Waals surface area contributed by atoms with Crippen LogP contribution >= 0.6 is 11.8 Å². The van der Waals surface area contributed by atoms with Crippen LogP contribution in [-0.4, -0.2) is 47.3 Å². The Balaban J connectivity index is 1.60. The molecule has 6 N–H and O–H groups in total. The fourth-order valence-corrected chi connectivity index (χ4v) is 4.32. The van der Waals surface area contributed by atoms with Crippen molar-refractivity contribution in [2.24, 2.45) is 0 Å². The highest BCUT2D eigenvalue weighted by molar-refractivity contribution is 8.00. The van der Waals surface area contributed by atoms with Gasteiger partial charge in [-0.3, -0.25) is 4.79 Å². The molecule has 10 nitrogen and oxygen atoms in total. The highest BCUT2D eigenvalue weighted by atomic mass is 32.2. The van der Waals surface area contributed by atoms with Crippen molar-refractivity contribution in [3.8, 4) is 5.75 Å². The van der Waals surface area contributed by atoms with Crippen LogP contribution in [0.25, 0.3) is 11.2 Å². The summed E-state index contributed by atoms with van der Waals surface area (Å²) in [5, 5.41) is 21.6. The highest BCUT2D eigenvalue weighted by Crippen LogP contribution is 2.31. The molecule has 2 aromatic carbocycles. The van der Waals surface area contributed by atoms with Crippen molar-refractivity contribution in [3.63, 3.8) is 0 Å². The maximum absolute atomic E-state index is 13.2. The van der Waals surface area contributed by atoms with E-state index >= 15 is 0 Å². The average Bonchev–Trinajstić information content (AvgIpc) is 3.26. The lowest BCUT2D eigenvalue weighted by atomic mass is 10.1. The second-order valence-corrected chi connectivity index (χ2v) is 8.34. The molecule has 33 heavy (non-hydrogen) atoms. The molecule has 0 saturated heterocycles. The lowest BCUT2D eigenvalue weighted by Gasteiger charge is -2.17. The molecule has 4 rings (SSSR count). The number of carbonyl (C=O) groups excluding carboxylic acids is 1. The number of aromatic nitrogens is 4. The molecule has 11 heteroatoms. The summed E-state index contributed by atoms with van der Waals surface area (Å²) in [4.78, 5) is 40.0. The monoisotopic (exact) mass is 464 g/mol. The third-order valence-electron chi connectivity index (χ3n) is 4.85. The molecule has 1 amide bonds. The molecule has 2 aromatic heterocycles. The van der Waals surface area contributed by atoms with Crippen molar-refractivity contribution in [1.82, 2.24) is 19.9 Å². The number of aromatic hydroxyl groups is 1. The molecule has 2 heterocycles. The Labute approximate surface area is 192 Å². The van der Waals surface area contributed by atoms with Crippen molar-refractivity contribution in [2.45, 2.75) is 23.1 Å². The van der Waals surface area contributed by atoms with Crippen LogP contribution in [0.5, 0.6) is 5.75 Å². The number of carboxylic acid groups (broad SMARTS) is 1. The molecule has 168 valence electrons. The number of nitrogen functional groups attached to an aromatic ring is 1. The average molecular weight is 465 g/mol. The lowest BCUT2D eigenvalue weighted by Crippen LogP contribution is -2.26. The number of nitrogens with zero attached hydrogens (tertiary/aromatic N) is 3. The number of benzene rings is 2. The Morgan fingerprint density at radius 2 is 1.94 bits per heavy atom. The number of nitrogens with two attached hydrogens (primary N) is 1. The van der Waals surface area contributed by atoms with E-state index in [4.69, 9.17) is 5.73 Å². The van der Waals surface area contributed by atoms with Crippen LogP contribution in [0, 0.1) is 0 Å². The topological polar surface area (TPSA) is 167 Å². The number of phenols is 1. The van der Waals surface area contributed by atoms with E-state index in [9.17, 15) is 19.8 Å². The van der Waals surface area contributed by atoms with Crippen LogP contribution in [-0.2, 0) is 11.2 Å². The van der Waals surface area contributed by atoms with Crippen LogP contribution in [0.1, 0.15) is 22.3 Å². The minimum atomic E-state index is -1.29. The largest absolute Gasteiger partial charge is 0.507 e. The molecule has 0 saturated carbocycles.